The number of nitrogens with one attached hydrogen (secondary N) is 1. The summed E-state index contributed by atoms with van der Waals surface area (Å²) in [7, 11) is 0. The molecule has 0 aliphatic carbocycles. The molecule has 0 aromatic carbocycles. The van der Waals surface area contributed by atoms with Gasteiger partial charge in [-0.25, -0.2) is 0 Å². The summed E-state index contributed by atoms with van der Waals surface area (Å²) in [5, 5.41) is 71.9. The highest BCUT2D eigenvalue weighted by atomic mass is 16.7. The van der Waals surface area contributed by atoms with Gasteiger partial charge in [0.25, 0.3) is 0 Å². The number of hydrogen-bond donors (Lipinski definition) is 8. The first-order valence-electron chi connectivity index (χ1n) is 10.4. The molecule has 0 aromatic heterocycles. The van der Waals surface area contributed by atoms with Crippen LogP contribution in [0.3, 0.4) is 0 Å². The van der Waals surface area contributed by atoms with Crippen LogP contribution < -0.4 is 5.32 Å². The molecule has 0 saturated carbocycles. The van der Waals surface area contributed by atoms with Crippen LogP contribution in [0.2, 0.25) is 0 Å². The fraction of sp³-hybridized carbons (Fsp3) is 0.895. The highest BCUT2D eigenvalue weighted by Crippen LogP contribution is 2.28. The summed E-state index contributed by atoms with van der Waals surface area (Å²) in [6.45, 7) is 1.98. The Morgan fingerprint density at radius 1 is 0.844 bits per heavy atom. The molecule has 10 atom stereocenters. The smallest absolute Gasteiger partial charge is 0.222 e. The fourth-order valence-corrected chi connectivity index (χ4v) is 3.46. The van der Waals surface area contributed by atoms with E-state index in [9.17, 15) is 45.3 Å². The predicted molar refractivity (Wildman–Crippen MR) is 104 cm³/mol. The Hall–Kier alpha value is -1.26. The van der Waals surface area contributed by atoms with Crippen molar-refractivity contribution in [3.8, 4) is 0 Å². The fourth-order valence-electron chi connectivity index (χ4n) is 3.46. The van der Waals surface area contributed by atoms with Crippen LogP contribution in [0, 0.1) is 5.92 Å². The van der Waals surface area contributed by atoms with Crippen molar-refractivity contribution in [1.82, 2.24) is 5.32 Å². The third-order valence-corrected chi connectivity index (χ3v) is 5.55. The predicted octanol–water partition coefficient (Wildman–Crippen LogP) is -4.27. The summed E-state index contributed by atoms with van der Waals surface area (Å²) in [6.07, 6.45) is -15.8. The maximum absolute atomic E-state index is 12.1. The standard InChI is InChI=1S/C19H33NO12/c1-7(2)8(23)3-4-11(24)20-18-15(28)14(27)17(10(6-22)30-18)32-19-16(29)13(26)12(25)9(5-21)31-19/h7,9-10,12-19,21-22,25-29H,3-6H2,1-2H3,(H,20,24)/t9?,10?,12-,13-,14+,15?,16?,17+,18+,19-/m0/s1. The minimum atomic E-state index is -1.77. The van der Waals surface area contributed by atoms with Gasteiger partial charge in [0, 0.05) is 18.8 Å². The summed E-state index contributed by atoms with van der Waals surface area (Å²) in [4.78, 5) is 23.8. The van der Waals surface area contributed by atoms with Crippen LogP contribution in [0.1, 0.15) is 26.7 Å². The van der Waals surface area contributed by atoms with E-state index in [-0.39, 0.29) is 24.5 Å². The van der Waals surface area contributed by atoms with Gasteiger partial charge >= 0.3 is 0 Å². The zero-order valence-corrected chi connectivity index (χ0v) is 17.9. The second-order valence-corrected chi connectivity index (χ2v) is 8.25. The van der Waals surface area contributed by atoms with Crippen LogP contribution in [0.15, 0.2) is 0 Å². The first-order valence-corrected chi connectivity index (χ1v) is 10.4. The largest absolute Gasteiger partial charge is 0.394 e. The Morgan fingerprint density at radius 2 is 1.47 bits per heavy atom. The van der Waals surface area contributed by atoms with E-state index in [1.807, 2.05) is 0 Å². The molecular formula is C19H33NO12. The number of aliphatic hydroxyl groups excluding tert-OH is 7. The second-order valence-electron chi connectivity index (χ2n) is 8.25. The van der Waals surface area contributed by atoms with E-state index in [0.29, 0.717) is 0 Å². The van der Waals surface area contributed by atoms with Crippen LogP contribution in [-0.2, 0) is 23.8 Å². The summed E-state index contributed by atoms with van der Waals surface area (Å²) in [5.41, 5.74) is 0. The van der Waals surface area contributed by atoms with E-state index < -0.39 is 80.5 Å². The lowest BCUT2D eigenvalue weighted by Gasteiger charge is -2.46. The minimum Gasteiger partial charge on any atom is -0.394 e. The Kier molecular flexibility index (Phi) is 9.90. The average Bonchev–Trinajstić information content (AvgIpc) is 2.76. The SMILES string of the molecule is CC(C)C(=O)CCC(=O)N[C@@H]1OC(CO)[C@@H](O[C@@H]2OC(CO)[C@H](O)[C@H](O)C2O)[C@H](O)C1O. The average molecular weight is 467 g/mol. The van der Waals surface area contributed by atoms with Crippen LogP contribution in [-0.4, -0.2) is 122 Å². The van der Waals surface area contributed by atoms with Gasteiger partial charge in [-0.3, -0.25) is 9.59 Å². The maximum atomic E-state index is 12.1. The number of Topliss-reactive ketones (excluding diaryl/α,β-unsaturated/α-hetero) is 1. The molecule has 0 bridgehead atoms. The van der Waals surface area contributed by atoms with Gasteiger partial charge in [0.2, 0.25) is 5.91 Å². The van der Waals surface area contributed by atoms with Gasteiger partial charge in [0.15, 0.2) is 12.5 Å². The molecule has 13 heteroatoms. The molecule has 2 aliphatic rings. The third-order valence-electron chi connectivity index (χ3n) is 5.55. The molecule has 0 aromatic rings. The van der Waals surface area contributed by atoms with Crippen molar-refractivity contribution in [1.29, 1.82) is 0 Å². The molecule has 2 heterocycles. The number of amides is 1. The second kappa shape index (κ2) is 11.7. The van der Waals surface area contributed by atoms with Crippen molar-refractivity contribution in [2.75, 3.05) is 13.2 Å². The molecule has 32 heavy (non-hydrogen) atoms. The van der Waals surface area contributed by atoms with Crippen molar-refractivity contribution in [3.05, 3.63) is 0 Å². The van der Waals surface area contributed by atoms with Crippen molar-refractivity contribution in [2.24, 2.45) is 5.92 Å². The molecule has 2 saturated heterocycles. The van der Waals surface area contributed by atoms with E-state index in [2.05, 4.69) is 5.32 Å². The van der Waals surface area contributed by atoms with Crippen LogP contribution >= 0.6 is 0 Å². The van der Waals surface area contributed by atoms with Crippen molar-refractivity contribution < 1.29 is 59.5 Å². The Bertz CT molecular complexity index is 629. The third kappa shape index (κ3) is 6.20. The number of aliphatic hydroxyl groups is 7. The van der Waals surface area contributed by atoms with Gasteiger partial charge in [-0.2, -0.15) is 0 Å². The lowest BCUT2D eigenvalue weighted by atomic mass is 9.96. The molecule has 1 amide bonds. The molecule has 2 aliphatic heterocycles. The van der Waals surface area contributed by atoms with E-state index in [4.69, 9.17) is 14.2 Å². The van der Waals surface area contributed by atoms with Gasteiger partial charge in [-0.1, -0.05) is 13.8 Å². The molecule has 0 spiro atoms. The molecule has 2 fully saturated rings. The lowest BCUT2D eigenvalue weighted by molar-refractivity contribution is -0.343. The van der Waals surface area contributed by atoms with E-state index >= 15 is 0 Å². The highest BCUT2D eigenvalue weighted by molar-refractivity contribution is 5.86. The summed E-state index contributed by atoms with van der Waals surface area (Å²) in [6, 6.07) is 0. The number of carbonyl (C=O) groups is 2. The van der Waals surface area contributed by atoms with Crippen molar-refractivity contribution in [3.63, 3.8) is 0 Å². The van der Waals surface area contributed by atoms with E-state index in [1.165, 1.54) is 0 Å². The number of carbonyl (C=O) groups excluding carboxylic acids is 2. The van der Waals surface area contributed by atoms with Gasteiger partial charge in [0.05, 0.1) is 13.2 Å². The van der Waals surface area contributed by atoms with E-state index in [0.717, 1.165) is 0 Å². The molecule has 2 rings (SSSR count). The van der Waals surface area contributed by atoms with Gasteiger partial charge in [-0.15, -0.1) is 0 Å². The Labute approximate surface area is 184 Å². The van der Waals surface area contributed by atoms with Gasteiger partial charge in [-0.05, 0) is 0 Å². The van der Waals surface area contributed by atoms with Crippen molar-refractivity contribution in [2.45, 2.75) is 88.0 Å². The lowest BCUT2D eigenvalue weighted by Crippen LogP contribution is -2.66. The first kappa shape index (κ1) is 27.0. The number of hydrogen-bond acceptors (Lipinski definition) is 12. The summed E-state index contributed by atoms with van der Waals surface area (Å²) in [5.74, 6) is -0.966. The first-order chi connectivity index (χ1) is 15.0. The number of ketones is 1. The topological polar surface area (TPSA) is 215 Å². The minimum absolute atomic E-state index is 0.0128. The molecular weight excluding hydrogens is 434 g/mol. The molecule has 8 N–H and O–H groups in total. The quantitative estimate of drug-likeness (QED) is 0.162. The van der Waals surface area contributed by atoms with Crippen molar-refractivity contribution >= 4 is 11.7 Å². The van der Waals surface area contributed by atoms with Gasteiger partial charge < -0.3 is 55.3 Å². The van der Waals surface area contributed by atoms with Crippen LogP contribution in [0.4, 0.5) is 0 Å². The highest BCUT2D eigenvalue weighted by Gasteiger charge is 2.50. The number of rotatable bonds is 9. The monoisotopic (exact) mass is 467 g/mol. The normalized spacial score (nSPS) is 40.3. The Morgan fingerprint density at radius 3 is 2.03 bits per heavy atom. The van der Waals surface area contributed by atoms with E-state index in [1.54, 1.807) is 13.8 Å². The molecule has 186 valence electrons. The zero-order chi connectivity index (χ0) is 24.2. The van der Waals surface area contributed by atoms with Crippen LogP contribution in [0.5, 0.6) is 0 Å². The number of ether oxygens (including phenoxy) is 3. The molecule has 13 nitrogen and oxygen atoms in total. The molecule has 0 radical (unpaired) electrons. The Balaban J connectivity index is 2.02. The molecule has 4 unspecified atom stereocenters. The summed E-state index contributed by atoms with van der Waals surface area (Å²) < 4.78 is 16.1. The zero-order valence-electron chi connectivity index (χ0n) is 17.9. The van der Waals surface area contributed by atoms with Gasteiger partial charge in [0.1, 0.15) is 54.6 Å². The summed E-state index contributed by atoms with van der Waals surface area (Å²) >= 11 is 0. The maximum Gasteiger partial charge on any atom is 0.222 e. The van der Waals surface area contributed by atoms with Crippen LogP contribution in [0.25, 0.3) is 0 Å².